The van der Waals surface area contributed by atoms with Crippen LogP contribution in [-0.2, 0) is 4.74 Å². The number of hydrogen-bond acceptors (Lipinski definition) is 1. The summed E-state index contributed by atoms with van der Waals surface area (Å²) in [7, 11) is 0. The third-order valence-electron chi connectivity index (χ3n) is 2.99. The van der Waals surface area contributed by atoms with Gasteiger partial charge in [0.1, 0.15) is 6.10 Å². The van der Waals surface area contributed by atoms with Crippen molar-refractivity contribution in [1.82, 2.24) is 0 Å². The van der Waals surface area contributed by atoms with Crippen LogP contribution in [0.2, 0.25) is 0 Å². The molecule has 0 unspecified atom stereocenters. The van der Waals surface area contributed by atoms with Gasteiger partial charge in [0.25, 0.3) is 0 Å². The summed E-state index contributed by atoms with van der Waals surface area (Å²) in [5, 5.41) is 0. The topological polar surface area (TPSA) is 12.5 Å². The standard InChI is InChI=1S/C15H20O/c1-11(10-12-8-6-5-7-9-12)13-14(16-13)15(2,3)4/h5-10,13-14H,1-4H3/b11-10+/t13-,14+/m1/s1. The van der Waals surface area contributed by atoms with Gasteiger partial charge in [-0.2, -0.15) is 0 Å². The van der Waals surface area contributed by atoms with E-state index in [1.165, 1.54) is 11.1 Å². The first-order valence-electron chi connectivity index (χ1n) is 5.87. The van der Waals surface area contributed by atoms with E-state index in [2.05, 4.69) is 58.0 Å². The molecule has 1 aliphatic rings. The minimum absolute atomic E-state index is 0.246. The quantitative estimate of drug-likeness (QED) is 0.683. The van der Waals surface area contributed by atoms with E-state index in [4.69, 9.17) is 4.74 Å². The summed E-state index contributed by atoms with van der Waals surface area (Å²) < 4.78 is 5.75. The maximum Gasteiger partial charge on any atom is 0.106 e. The Morgan fingerprint density at radius 2 is 1.81 bits per heavy atom. The fourth-order valence-electron chi connectivity index (χ4n) is 2.01. The molecule has 2 rings (SSSR count). The van der Waals surface area contributed by atoms with Gasteiger partial charge in [-0.25, -0.2) is 0 Å². The van der Waals surface area contributed by atoms with E-state index in [1.54, 1.807) is 0 Å². The van der Waals surface area contributed by atoms with Gasteiger partial charge >= 0.3 is 0 Å². The van der Waals surface area contributed by atoms with Crippen molar-refractivity contribution in [3.8, 4) is 0 Å². The molecule has 2 atom stereocenters. The van der Waals surface area contributed by atoms with E-state index in [0.717, 1.165) is 0 Å². The molecular formula is C15H20O. The highest BCUT2D eigenvalue weighted by Gasteiger charge is 2.47. The van der Waals surface area contributed by atoms with Crippen LogP contribution in [0.5, 0.6) is 0 Å². The fourth-order valence-corrected chi connectivity index (χ4v) is 2.01. The van der Waals surface area contributed by atoms with Crippen LogP contribution in [0.1, 0.15) is 33.3 Å². The highest BCUT2D eigenvalue weighted by molar-refractivity contribution is 5.54. The van der Waals surface area contributed by atoms with E-state index < -0.39 is 0 Å². The first-order chi connectivity index (χ1) is 7.48. The minimum Gasteiger partial charge on any atom is -0.364 e. The van der Waals surface area contributed by atoms with Gasteiger partial charge in [0.05, 0.1) is 6.10 Å². The average molecular weight is 216 g/mol. The van der Waals surface area contributed by atoms with E-state index in [9.17, 15) is 0 Å². The lowest BCUT2D eigenvalue weighted by molar-refractivity contribution is 0.263. The van der Waals surface area contributed by atoms with Gasteiger partial charge in [-0.3, -0.25) is 0 Å². The van der Waals surface area contributed by atoms with Crippen LogP contribution in [0.3, 0.4) is 0 Å². The molecule has 1 heteroatoms. The predicted molar refractivity (Wildman–Crippen MR) is 68.2 cm³/mol. The van der Waals surface area contributed by atoms with Crippen molar-refractivity contribution in [2.45, 2.75) is 39.9 Å². The Bertz CT molecular complexity index is 384. The summed E-state index contributed by atoms with van der Waals surface area (Å²) in [5.74, 6) is 0. The van der Waals surface area contributed by atoms with Crippen molar-refractivity contribution in [1.29, 1.82) is 0 Å². The monoisotopic (exact) mass is 216 g/mol. The SMILES string of the molecule is C/C(=C\c1ccccc1)[C@H]1O[C@@H]1C(C)(C)C. The van der Waals surface area contributed by atoms with Crippen molar-refractivity contribution in [3.63, 3.8) is 0 Å². The van der Waals surface area contributed by atoms with Crippen LogP contribution in [-0.4, -0.2) is 12.2 Å². The maximum atomic E-state index is 5.75. The summed E-state index contributed by atoms with van der Waals surface area (Å²) in [6, 6.07) is 10.4. The number of benzene rings is 1. The van der Waals surface area contributed by atoms with E-state index in [0.29, 0.717) is 12.2 Å². The van der Waals surface area contributed by atoms with Gasteiger partial charge in [-0.05, 0) is 23.5 Å². The molecule has 0 spiro atoms. The molecule has 1 aromatic rings. The molecule has 1 nitrogen and oxygen atoms in total. The number of ether oxygens (including phenoxy) is 1. The first kappa shape index (κ1) is 11.4. The van der Waals surface area contributed by atoms with Crippen LogP contribution in [0.25, 0.3) is 6.08 Å². The normalized spacial score (nSPS) is 25.6. The van der Waals surface area contributed by atoms with Crippen molar-refractivity contribution in [2.24, 2.45) is 5.41 Å². The Kier molecular flexibility index (Phi) is 2.90. The summed E-state index contributed by atoms with van der Waals surface area (Å²) in [6.07, 6.45) is 2.92. The van der Waals surface area contributed by atoms with Crippen LogP contribution in [0.4, 0.5) is 0 Å². The zero-order valence-electron chi connectivity index (χ0n) is 10.5. The third kappa shape index (κ3) is 2.53. The second-order valence-electron chi connectivity index (χ2n) is 5.64. The van der Waals surface area contributed by atoms with Crippen molar-refractivity contribution in [3.05, 3.63) is 41.5 Å². The maximum absolute atomic E-state index is 5.75. The fraction of sp³-hybridized carbons (Fsp3) is 0.467. The van der Waals surface area contributed by atoms with Crippen LogP contribution < -0.4 is 0 Å². The number of epoxide rings is 1. The van der Waals surface area contributed by atoms with Crippen LogP contribution in [0, 0.1) is 5.41 Å². The minimum atomic E-state index is 0.246. The van der Waals surface area contributed by atoms with Crippen LogP contribution in [0.15, 0.2) is 35.9 Å². The Balaban J connectivity index is 2.06. The first-order valence-corrected chi connectivity index (χ1v) is 5.87. The molecule has 0 N–H and O–H groups in total. The molecule has 1 heterocycles. The van der Waals surface area contributed by atoms with Gasteiger partial charge in [-0.1, -0.05) is 57.2 Å². The zero-order chi connectivity index (χ0) is 11.8. The van der Waals surface area contributed by atoms with E-state index in [1.807, 2.05) is 6.07 Å². The Morgan fingerprint density at radius 1 is 1.19 bits per heavy atom. The predicted octanol–water partition coefficient (Wildman–Crippen LogP) is 3.90. The average Bonchev–Trinajstić information content (AvgIpc) is 2.97. The van der Waals surface area contributed by atoms with Crippen molar-refractivity contribution >= 4 is 6.08 Å². The van der Waals surface area contributed by atoms with Gasteiger partial charge < -0.3 is 4.74 Å². The van der Waals surface area contributed by atoms with E-state index >= 15 is 0 Å². The molecule has 0 bridgehead atoms. The van der Waals surface area contributed by atoms with Crippen molar-refractivity contribution in [2.75, 3.05) is 0 Å². The molecule has 0 saturated carbocycles. The highest BCUT2D eigenvalue weighted by Crippen LogP contribution is 2.41. The molecule has 86 valence electrons. The lowest BCUT2D eigenvalue weighted by Crippen LogP contribution is -2.16. The molecule has 1 saturated heterocycles. The molecule has 0 aromatic heterocycles. The molecule has 0 radical (unpaired) electrons. The van der Waals surface area contributed by atoms with Gasteiger partial charge in [0, 0.05) is 0 Å². The Hall–Kier alpha value is -1.08. The number of rotatable bonds is 2. The smallest absolute Gasteiger partial charge is 0.106 e. The Morgan fingerprint density at radius 3 is 2.31 bits per heavy atom. The molecule has 1 fully saturated rings. The lowest BCUT2D eigenvalue weighted by atomic mass is 9.88. The highest BCUT2D eigenvalue weighted by atomic mass is 16.6. The molecule has 16 heavy (non-hydrogen) atoms. The number of hydrogen-bond donors (Lipinski definition) is 0. The second kappa shape index (κ2) is 4.06. The van der Waals surface area contributed by atoms with Crippen molar-refractivity contribution < 1.29 is 4.74 Å². The van der Waals surface area contributed by atoms with Gasteiger partial charge in [0.2, 0.25) is 0 Å². The summed E-state index contributed by atoms with van der Waals surface area (Å²) >= 11 is 0. The molecule has 0 amide bonds. The Labute approximate surface area is 98.1 Å². The molecule has 1 aromatic carbocycles. The summed E-state index contributed by atoms with van der Waals surface area (Å²) in [5.41, 5.74) is 2.82. The largest absolute Gasteiger partial charge is 0.364 e. The molecule has 1 aliphatic heterocycles. The second-order valence-corrected chi connectivity index (χ2v) is 5.64. The van der Waals surface area contributed by atoms with Crippen LogP contribution >= 0.6 is 0 Å². The molecule has 0 aliphatic carbocycles. The zero-order valence-corrected chi connectivity index (χ0v) is 10.5. The third-order valence-corrected chi connectivity index (χ3v) is 2.99. The van der Waals surface area contributed by atoms with Gasteiger partial charge in [-0.15, -0.1) is 0 Å². The molecular weight excluding hydrogens is 196 g/mol. The van der Waals surface area contributed by atoms with E-state index in [-0.39, 0.29) is 5.41 Å². The summed E-state index contributed by atoms with van der Waals surface area (Å²) in [4.78, 5) is 0. The van der Waals surface area contributed by atoms with Gasteiger partial charge in [0.15, 0.2) is 0 Å². The summed E-state index contributed by atoms with van der Waals surface area (Å²) in [6.45, 7) is 8.85. The lowest BCUT2D eigenvalue weighted by Gasteiger charge is -2.14.